The molecule has 5 nitrogen and oxygen atoms in total. The van der Waals surface area contributed by atoms with Crippen molar-refractivity contribution in [3.8, 4) is 5.75 Å². The van der Waals surface area contributed by atoms with Crippen LogP contribution in [0.25, 0.3) is 0 Å². The quantitative estimate of drug-likeness (QED) is 0.810. The third-order valence-corrected chi connectivity index (χ3v) is 3.64. The molecule has 0 aliphatic carbocycles. The summed E-state index contributed by atoms with van der Waals surface area (Å²) in [6.07, 6.45) is -0.673. The SMILES string of the molecule is CCOC(=O)c1cccc(NC(=O)[C@@H](C)Oc2ccc(C)cc2C)c1. The first-order valence-corrected chi connectivity index (χ1v) is 8.22. The van der Waals surface area contributed by atoms with Gasteiger partial charge in [-0.1, -0.05) is 23.8 Å². The summed E-state index contributed by atoms with van der Waals surface area (Å²) in [5.74, 6) is -0.0346. The highest BCUT2D eigenvalue weighted by Gasteiger charge is 2.16. The molecule has 0 heterocycles. The van der Waals surface area contributed by atoms with Gasteiger partial charge in [-0.2, -0.15) is 0 Å². The molecule has 0 saturated carbocycles. The third kappa shape index (κ3) is 5.08. The first-order chi connectivity index (χ1) is 11.9. The zero-order chi connectivity index (χ0) is 18.4. The van der Waals surface area contributed by atoms with E-state index in [1.165, 1.54) is 0 Å². The zero-order valence-electron chi connectivity index (χ0n) is 15.0. The van der Waals surface area contributed by atoms with Crippen molar-refractivity contribution in [2.75, 3.05) is 11.9 Å². The molecule has 0 spiro atoms. The van der Waals surface area contributed by atoms with Crippen LogP contribution in [0.5, 0.6) is 5.75 Å². The summed E-state index contributed by atoms with van der Waals surface area (Å²) >= 11 is 0. The molecule has 0 aliphatic heterocycles. The van der Waals surface area contributed by atoms with Crippen LogP contribution >= 0.6 is 0 Å². The lowest BCUT2D eigenvalue weighted by Crippen LogP contribution is -2.30. The lowest BCUT2D eigenvalue weighted by Gasteiger charge is -2.17. The van der Waals surface area contributed by atoms with E-state index in [9.17, 15) is 9.59 Å². The Morgan fingerprint density at radius 3 is 2.56 bits per heavy atom. The molecule has 2 rings (SSSR count). The highest BCUT2D eigenvalue weighted by Crippen LogP contribution is 2.20. The molecule has 0 bridgehead atoms. The topological polar surface area (TPSA) is 64.6 Å². The standard InChI is InChI=1S/C20H23NO4/c1-5-24-20(23)16-7-6-8-17(12-16)21-19(22)15(4)25-18-10-9-13(2)11-14(18)3/h6-12,15H,5H2,1-4H3,(H,21,22)/t15-/m1/s1. The molecule has 0 fully saturated rings. The first kappa shape index (κ1) is 18.5. The van der Waals surface area contributed by atoms with Gasteiger partial charge in [0.2, 0.25) is 0 Å². The van der Waals surface area contributed by atoms with E-state index in [0.717, 1.165) is 11.1 Å². The maximum absolute atomic E-state index is 12.3. The van der Waals surface area contributed by atoms with E-state index in [0.29, 0.717) is 23.6 Å². The van der Waals surface area contributed by atoms with Crippen molar-refractivity contribution in [2.45, 2.75) is 33.8 Å². The van der Waals surface area contributed by atoms with E-state index in [-0.39, 0.29) is 5.91 Å². The number of carbonyl (C=O) groups excluding carboxylic acids is 2. The largest absolute Gasteiger partial charge is 0.481 e. The summed E-state index contributed by atoms with van der Waals surface area (Å²) in [5.41, 5.74) is 3.02. The van der Waals surface area contributed by atoms with Gasteiger partial charge in [-0.25, -0.2) is 4.79 Å². The molecule has 25 heavy (non-hydrogen) atoms. The van der Waals surface area contributed by atoms with Crippen molar-refractivity contribution >= 4 is 17.6 Å². The number of anilines is 1. The number of nitrogens with one attached hydrogen (secondary N) is 1. The Balaban J connectivity index is 2.03. The van der Waals surface area contributed by atoms with Crippen LogP contribution in [-0.4, -0.2) is 24.6 Å². The average molecular weight is 341 g/mol. The number of benzene rings is 2. The predicted molar refractivity (Wildman–Crippen MR) is 97.0 cm³/mol. The number of hydrogen-bond donors (Lipinski definition) is 1. The fourth-order valence-electron chi connectivity index (χ4n) is 2.36. The van der Waals surface area contributed by atoms with Gasteiger partial charge in [0.15, 0.2) is 6.10 Å². The van der Waals surface area contributed by atoms with Crippen LogP contribution < -0.4 is 10.1 Å². The molecule has 132 valence electrons. The van der Waals surface area contributed by atoms with Crippen molar-refractivity contribution in [1.29, 1.82) is 0 Å². The van der Waals surface area contributed by atoms with Gasteiger partial charge in [0.05, 0.1) is 12.2 Å². The average Bonchev–Trinajstić information content (AvgIpc) is 2.57. The maximum Gasteiger partial charge on any atom is 0.338 e. The minimum atomic E-state index is -0.673. The Hall–Kier alpha value is -2.82. The van der Waals surface area contributed by atoms with Gasteiger partial charge in [0.1, 0.15) is 5.75 Å². The van der Waals surface area contributed by atoms with Crippen molar-refractivity contribution in [3.05, 3.63) is 59.2 Å². The minimum Gasteiger partial charge on any atom is -0.481 e. The molecule has 0 radical (unpaired) electrons. The van der Waals surface area contributed by atoms with Crippen LogP contribution in [0, 0.1) is 13.8 Å². The van der Waals surface area contributed by atoms with Crippen molar-refractivity contribution in [1.82, 2.24) is 0 Å². The van der Waals surface area contributed by atoms with Crippen molar-refractivity contribution < 1.29 is 19.1 Å². The molecule has 0 saturated heterocycles. The Bertz CT molecular complexity index is 770. The van der Waals surface area contributed by atoms with Crippen molar-refractivity contribution in [2.24, 2.45) is 0 Å². The number of amides is 1. The van der Waals surface area contributed by atoms with Gasteiger partial charge < -0.3 is 14.8 Å². The minimum absolute atomic E-state index is 0.291. The number of aryl methyl sites for hydroxylation is 2. The van der Waals surface area contributed by atoms with E-state index >= 15 is 0 Å². The molecule has 0 aromatic heterocycles. The van der Waals surface area contributed by atoms with Gasteiger partial charge in [-0.15, -0.1) is 0 Å². The van der Waals surface area contributed by atoms with Gasteiger partial charge in [-0.3, -0.25) is 4.79 Å². The molecule has 2 aromatic rings. The smallest absolute Gasteiger partial charge is 0.338 e. The molecule has 1 atom stereocenters. The first-order valence-electron chi connectivity index (χ1n) is 8.22. The Morgan fingerprint density at radius 2 is 1.88 bits per heavy atom. The molecule has 0 unspecified atom stereocenters. The number of carbonyl (C=O) groups is 2. The maximum atomic E-state index is 12.3. The van der Waals surface area contributed by atoms with E-state index in [4.69, 9.17) is 9.47 Å². The van der Waals surface area contributed by atoms with E-state index < -0.39 is 12.1 Å². The van der Waals surface area contributed by atoms with Crippen LogP contribution in [0.15, 0.2) is 42.5 Å². The number of hydrogen-bond acceptors (Lipinski definition) is 4. The number of ether oxygens (including phenoxy) is 2. The summed E-state index contributed by atoms with van der Waals surface area (Å²) in [6.45, 7) is 7.68. The summed E-state index contributed by atoms with van der Waals surface area (Å²) in [5, 5.41) is 2.76. The van der Waals surface area contributed by atoms with Crippen LogP contribution in [0.4, 0.5) is 5.69 Å². The zero-order valence-corrected chi connectivity index (χ0v) is 15.0. The van der Waals surface area contributed by atoms with Crippen molar-refractivity contribution in [3.63, 3.8) is 0 Å². The van der Waals surface area contributed by atoms with Gasteiger partial charge in [-0.05, 0) is 57.5 Å². The lowest BCUT2D eigenvalue weighted by atomic mass is 10.1. The lowest BCUT2D eigenvalue weighted by molar-refractivity contribution is -0.122. The third-order valence-electron chi connectivity index (χ3n) is 3.64. The summed E-state index contributed by atoms with van der Waals surface area (Å²) in [4.78, 5) is 24.1. The van der Waals surface area contributed by atoms with E-state index in [1.54, 1.807) is 38.1 Å². The summed E-state index contributed by atoms with van der Waals surface area (Å²) in [7, 11) is 0. The monoisotopic (exact) mass is 341 g/mol. The second-order valence-corrected chi connectivity index (χ2v) is 5.82. The van der Waals surface area contributed by atoms with Crippen LogP contribution in [-0.2, 0) is 9.53 Å². The van der Waals surface area contributed by atoms with Crippen LogP contribution in [0.2, 0.25) is 0 Å². The number of esters is 1. The summed E-state index contributed by atoms with van der Waals surface area (Å²) in [6, 6.07) is 12.4. The molecular weight excluding hydrogens is 318 g/mol. The van der Waals surface area contributed by atoms with Crippen LogP contribution in [0.3, 0.4) is 0 Å². The Morgan fingerprint density at radius 1 is 1.12 bits per heavy atom. The highest BCUT2D eigenvalue weighted by atomic mass is 16.5. The highest BCUT2D eigenvalue weighted by molar-refractivity contribution is 5.96. The van der Waals surface area contributed by atoms with E-state index in [1.807, 2.05) is 32.0 Å². The Kier molecular flexibility index (Phi) is 6.17. The molecule has 0 aliphatic rings. The fraction of sp³-hybridized carbons (Fsp3) is 0.300. The molecular formula is C20H23NO4. The molecule has 1 amide bonds. The number of rotatable bonds is 6. The summed E-state index contributed by atoms with van der Waals surface area (Å²) < 4.78 is 10.7. The van der Waals surface area contributed by atoms with Crippen LogP contribution in [0.1, 0.15) is 35.3 Å². The van der Waals surface area contributed by atoms with Gasteiger partial charge >= 0.3 is 5.97 Å². The van der Waals surface area contributed by atoms with Gasteiger partial charge in [0, 0.05) is 5.69 Å². The predicted octanol–water partition coefficient (Wildman–Crippen LogP) is 3.89. The molecule has 2 aromatic carbocycles. The van der Waals surface area contributed by atoms with E-state index in [2.05, 4.69) is 5.32 Å². The Labute approximate surface area is 148 Å². The normalized spacial score (nSPS) is 11.5. The second kappa shape index (κ2) is 8.33. The second-order valence-electron chi connectivity index (χ2n) is 5.82. The van der Waals surface area contributed by atoms with Gasteiger partial charge in [0.25, 0.3) is 5.91 Å². The molecule has 5 heteroatoms. The molecule has 1 N–H and O–H groups in total. The fourth-order valence-corrected chi connectivity index (χ4v) is 2.36.